The van der Waals surface area contributed by atoms with Crippen molar-refractivity contribution in [1.29, 1.82) is 0 Å². The zero-order chi connectivity index (χ0) is 48.1. The van der Waals surface area contributed by atoms with E-state index in [0.717, 1.165) is 0 Å². The topological polar surface area (TPSA) is 6.48 Å². The molecule has 0 N–H and O–H groups in total. The normalized spacial score (nSPS) is 14.9. The van der Waals surface area contributed by atoms with Gasteiger partial charge in [-0.3, -0.25) is 0 Å². The van der Waals surface area contributed by atoms with Gasteiger partial charge in [0.1, 0.15) is 0 Å². The van der Waals surface area contributed by atoms with Gasteiger partial charge in [0, 0.05) is 53.7 Å². The number of hydrogen-bond acceptors (Lipinski definition) is 4. The van der Waals surface area contributed by atoms with Gasteiger partial charge in [0.05, 0.1) is 0 Å². The standard InChI is InChI=1S/C66H45BN2S2Si2/c1-5-23-48(24-6-1)72(49-25-7-2-8-26-49)62-37-19-14-32-54(62)68(55-33-15-20-38-63(55)72)46-41-42-53-59(43-46)71-61-45-47(44-60-66(61)67(53)52-31-13-18-36-58(52)70-60)69-56-34-16-21-39-64(56)73(50-27-9-3-10-28-50,51-29-11-4-12-30-51)65-40-22-17-35-57(65)69/h1-45H. The summed E-state index contributed by atoms with van der Waals surface area (Å²) in [6.45, 7) is 0.107. The van der Waals surface area contributed by atoms with Crippen molar-refractivity contribution in [3.05, 3.63) is 273 Å². The van der Waals surface area contributed by atoms with E-state index in [-0.39, 0.29) is 6.71 Å². The van der Waals surface area contributed by atoms with Crippen molar-refractivity contribution in [2.24, 2.45) is 0 Å². The van der Waals surface area contributed by atoms with Crippen molar-refractivity contribution in [3.63, 3.8) is 0 Å². The van der Waals surface area contributed by atoms with Crippen LogP contribution in [0.25, 0.3) is 0 Å². The fourth-order valence-corrected chi connectivity index (χ4v) is 25.8. The Labute approximate surface area is 437 Å². The molecule has 0 radical (unpaired) electrons. The summed E-state index contributed by atoms with van der Waals surface area (Å²) < 4.78 is 0. The van der Waals surface area contributed by atoms with E-state index >= 15 is 0 Å². The van der Waals surface area contributed by atoms with Crippen LogP contribution >= 0.6 is 23.5 Å². The van der Waals surface area contributed by atoms with Gasteiger partial charge in [-0.25, -0.2) is 0 Å². The Balaban J connectivity index is 0.921. The number of para-hydroxylation sites is 4. The minimum Gasteiger partial charge on any atom is -0.311 e. The summed E-state index contributed by atoms with van der Waals surface area (Å²) in [5.74, 6) is 0. The second kappa shape index (κ2) is 16.9. The second-order valence-corrected chi connectivity index (χ2v) is 29.1. The van der Waals surface area contributed by atoms with Crippen LogP contribution in [0.2, 0.25) is 0 Å². The van der Waals surface area contributed by atoms with Crippen molar-refractivity contribution in [1.82, 2.24) is 0 Å². The van der Waals surface area contributed by atoms with E-state index in [1.165, 1.54) is 112 Å². The van der Waals surface area contributed by atoms with Crippen molar-refractivity contribution in [3.8, 4) is 0 Å². The molecule has 2 nitrogen and oxygen atoms in total. The summed E-state index contributed by atoms with van der Waals surface area (Å²) in [5.41, 5.74) is 11.5. The van der Waals surface area contributed by atoms with Crippen molar-refractivity contribution in [2.75, 3.05) is 9.80 Å². The highest BCUT2D eigenvalue weighted by Crippen LogP contribution is 2.47. The molecule has 0 fully saturated rings. The second-order valence-electron chi connectivity index (χ2n) is 19.5. The highest BCUT2D eigenvalue weighted by Gasteiger charge is 2.51. The van der Waals surface area contributed by atoms with Crippen molar-refractivity contribution >= 4 is 138 Å². The third-order valence-electron chi connectivity index (χ3n) is 15.9. The van der Waals surface area contributed by atoms with E-state index in [2.05, 4.69) is 283 Å². The average Bonchev–Trinajstić information content (AvgIpc) is 3.47. The molecule has 0 unspecified atom stereocenters. The smallest absolute Gasteiger partial charge is 0.247 e. The number of nitrogens with zero attached hydrogens (tertiary/aromatic N) is 2. The first-order chi connectivity index (χ1) is 36.2. The SMILES string of the molecule is c1ccc([Si]2(c3ccccc3)c3ccccc3N(c3ccc4c(c3)Sc3cc(N5c6ccccc6[Si](c6ccccc6)(c6ccccc6)c6ccccc65)cc5c3B4c3ccccc3S5)c3ccccc32)cc1. The first-order valence-corrected chi connectivity index (χ1v) is 30.8. The molecule has 342 valence electrons. The van der Waals surface area contributed by atoms with Crippen LogP contribution in [0.5, 0.6) is 0 Å². The number of benzene rings is 11. The lowest BCUT2D eigenvalue weighted by Gasteiger charge is -2.45. The van der Waals surface area contributed by atoms with Gasteiger partial charge in [-0.15, -0.1) is 0 Å². The van der Waals surface area contributed by atoms with Crippen molar-refractivity contribution in [2.45, 2.75) is 19.6 Å². The van der Waals surface area contributed by atoms with E-state index in [1.807, 2.05) is 23.5 Å². The monoisotopic (exact) mass is 996 g/mol. The predicted octanol–water partition coefficient (Wildman–Crippen LogP) is 9.45. The summed E-state index contributed by atoms with van der Waals surface area (Å²) in [5, 5.41) is 11.2. The summed E-state index contributed by atoms with van der Waals surface area (Å²) in [6, 6.07) is 104. The molecule has 0 saturated heterocycles. The van der Waals surface area contributed by atoms with E-state index in [1.54, 1.807) is 0 Å². The highest BCUT2D eigenvalue weighted by molar-refractivity contribution is 8.01. The van der Waals surface area contributed by atoms with Crippen LogP contribution < -0.4 is 67.7 Å². The first-order valence-electron chi connectivity index (χ1n) is 25.2. The van der Waals surface area contributed by atoms with Gasteiger partial charge in [-0.05, 0) is 102 Å². The Morgan fingerprint density at radius 2 is 0.603 bits per heavy atom. The molecule has 11 aromatic rings. The molecule has 73 heavy (non-hydrogen) atoms. The largest absolute Gasteiger partial charge is 0.311 e. The molecule has 11 aromatic carbocycles. The van der Waals surface area contributed by atoms with E-state index in [0.29, 0.717) is 0 Å². The molecule has 7 heteroatoms. The summed E-state index contributed by atoms with van der Waals surface area (Å²) in [7, 11) is -5.53. The molecule has 4 heterocycles. The number of anilines is 6. The zero-order valence-electron chi connectivity index (χ0n) is 39.8. The molecule has 0 saturated carbocycles. The molecular formula is C66H45BN2S2Si2. The molecule has 4 aliphatic heterocycles. The maximum Gasteiger partial charge on any atom is 0.247 e. The Bertz CT molecular complexity index is 3790. The minimum atomic E-state index is -2.77. The van der Waals surface area contributed by atoms with Crippen LogP contribution in [-0.4, -0.2) is 22.9 Å². The van der Waals surface area contributed by atoms with Gasteiger partial charge >= 0.3 is 0 Å². The molecule has 0 amide bonds. The van der Waals surface area contributed by atoms with Gasteiger partial charge in [-0.1, -0.05) is 253 Å². The highest BCUT2D eigenvalue weighted by atomic mass is 32.2. The molecule has 0 atom stereocenters. The molecule has 0 bridgehead atoms. The van der Waals surface area contributed by atoms with E-state index < -0.39 is 16.1 Å². The lowest BCUT2D eigenvalue weighted by molar-refractivity contribution is 1.23. The number of rotatable bonds is 6. The van der Waals surface area contributed by atoms with Gasteiger partial charge in [0.2, 0.25) is 6.71 Å². The maximum absolute atomic E-state index is 2.77. The first kappa shape index (κ1) is 42.9. The molecule has 15 rings (SSSR count). The Hall–Kier alpha value is -7.78. The van der Waals surface area contributed by atoms with Gasteiger partial charge in [0.25, 0.3) is 0 Å². The lowest BCUT2D eigenvalue weighted by Crippen LogP contribution is -2.77. The van der Waals surface area contributed by atoms with Crippen LogP contribution in [0.15, 0.2) is 293 Å². The molecule has 4 aliphatic rings. The maximum atomic E-state index is 2.58. The number of hydrogen-bond donors (Lipinski definition) is 0. The average molecular weight is 997 g/mol. The van der Waals surface area contributed by atoms with Gasteiger partial charge < -0.3 is 9.80 Å². The molecule has 0 spiro atoms. The summed E-state index contributed by atoms with van der Waals surface area (Å²) in [6.07, 6.45) is 0. The van der Waals surface area contributed by atoms with E-state index in [9.17, 15) is 0 Å². The van der Waals surface area contributed by atoms with Crippen molar-refractivity contribution < 1.29 is 0 Å². The van der Waals surface area contributed by atoms with Crippen LogP contribution in [0.4, 0.5) is 34.1 Å². The van der Waals surface area contributed by atoms with E-state index in [4.69, 9.17) is 0 Å². The summed E-state index contributed by atoms with van der Waals surface area (Å²) >= 11 is 3.87. The van der Waals surface area contributed by atoms with Gasteiger partial charge in [-0.2, -0.15) is 0 Å². The summed E-state index contributed by atoms with van der Waals surface area (Å²) in [4.78, 5) is 10.4. The quantitative estimate of drug-likeness (QED) is 0.153. The number of fused-ring (bicyclic) bond motifs is 8. The molecular weight excluding hydrogens is 952 g/mol. The minimum absolute atomic E-state index is 0.107. The van der Waals surface area contributed by atoms with Crippen LogP contribution in [0.1, 0.15) is 0 Å². The zero-order valence-corrected chi connectivity index (χ0v) is 43.4. The third-order valence-corrected chi connectivity index (χ3v) is 27.9. The van der Waals surface area contributed by atoms with Gasteiger partial charge in [0.15, 0.2) is 16.1 Å². The van der Waals surface area contributed by atoms with Crippen LogP contribution in [-0.2, 0) is 0 Å². The van der Waals surface area contributed by atoms with Crippen LogP contribution in [0.3, 0.4) is 0 Å². The Kier molecular flexibility index (Phi) is 9.92. The lowest BCUT2D eigenvalue weighted by atomic mass is 9.36. The molecule has 0 aromatic heterocycles. The molecule has 0 aliphatic carbocycles. The fourth-order valence-electron chi connectivity index (χ4n) is 13.1. The third kappa shape index (κ3) is 6.20. The Morgan fingerprint density at radius 3 is 1.04 bits per heavy atom. The van der Waals surface area contributed by atoms with Crippen LogP contribution in [0, 0.1) is 0 Å². The Morgan fingerprint density at radius 1 is 0.274 bits per heavy atom. The predicted molar refractivity (Wildman–Crippen MR) is 316 cm³/mol. The fraction of sp³-hybridized carbons (Fsp3) is 0.